The highest BCUT2D eigenvalue weighted by atomic mass is 16.3. The van der Waals surface area contributed by atoms with Gasteiger partial charge in [0.15, 0.2) is 11.4 Å². The number of pyridine rings is 1. The number of phenols is 2. The van der Waals surface area contributed by atoms with Crippen molar-refractivity contribution in [2.24, 2.45) is 0 Å². The number of aromatic nitrogens is 1. The van der Waals surface area contributed by atoms with Crippen LogP contribution in [0.4, 0.5) is 0 Å². The van der Waals surface area contributed by atoms with Crippen LogP contribution < -0.4 is 4.57 Å². The minimum absolute atomic E-state index is 0.132. The second-order valence-corrected chi connectivity index (χ2v) is 4.54. The number of hydrogen-bond acceptors (Lipinski definition) is 2. The van der Waals surface area contributed by atoms with Crippen molar-refractivity contribution >= 4 is 10.9 Å². The molecular weight excluding hydrogens is 238 g/mol. The molecule has 0 atom stereocenters. The lowest BCUT2D eigenvalue weighted by atomic mass is 10.1. The number of fused-ring (bicyclic) bond motifs is 1. The molecule has 3 nitrogen and oxygen atoms in total. The molecule has 0 spiro atoms. The van der Waals surface area contributed by atoms with Crippen LogP contribution >= 0.6 is 0 Å². The summed E-state index contributed by atoms with van der Waals surface area (Å²) >= 11 is 0. The lowest BCUT2D eigenvalue weighted by Gasteiger charge is -2.05. The molecule has 0 saturated carbocycles. The smallest absolute Gasteiger partial charge is 0.257 e. The Kier molecular flexibility index (Phi) is 2.60. The van der Waals surface area contributed by atoms with E-state index in [1.807, 2.05) is 47.9 Å². The summed E-state index contributed by atoms with van der Waals surface area (Å²) in [6.07, 6.45) is 0. The second-order valence-electron chi connectivity index (χ2n) is 4.54. The number of phenolic OH excluding ortho intramolecular Hbond substituents is 2. The summed E-state index contributed by atoms with van der Waals surface area (Å²) < 4.78 is 1.93. The van der Waals surface area contributed by atoms with Crippen LogP contribution in [0.25, 0.3) is 16.6 Å². The van der Waals surface area contributed by atoms with E-state index in [1.54, 1.807) is 6.07 Å². The lowest BCUT2D eigenvalue weighted by Crippen LogP contribution is -2.35. The molecule has 3 heteroatoms. The average molecular weight is 252 g/mol. The molecule has 2 aromatic carbocycles. The number of hydrogen-bond donors (Lipinski definition) is 2. The van der Waals surface area contributed by atoms with E-state index in [0.717, 1.165) is 16.6 Å². The van der Waals surface area contributed by atoms with E-state index in [0.29, 0.717) is 5.69 Å². The topological polar surface area (TPSA) is 44.3 Å². The minimum atomic E-state index is 0.132. The fourth-order valence-corrected chi connectivity index (χ4v) is 2.32. The van der Waals surface area contributed by atoms with Gasteiger partial charge >= 0.3 is 0 Å². The van der Waals surface area contributed by atoms with E-state index in [2.05, 4.69) is 0 Å². The number of para-hydroxylation sites is 1. The van der Waals surface area contributed by atoms with Crippen molar-refractivity contribution in [3.05, 3.63) is 60.3 Å². The molecule has 0 aliphatic heterocycles. The van der Waals surface area contributed by atoms with Gasteiger partial charge in [0.1, 0.15) is 5.75 Å². The Labute approximate surface area is 111 Å². The predicted molar refractivity (Wildman–Crippen MR) is 73.5 cm³/mol. The predicted octanol–water partition coefficient (Wildman–Crippen LogP) is 2.84. The van der Waals surface area contributed by atoms with Crippen LogP contribution in [0.3, 0.4) is 0 Å². The van der Waals surface area contributed by atoms with Crippen LogP contribution in [-0.2, 0) is 0 Å². The molecular formula is C16H14NO2+. The van der Waals surface area contributed by atoms with Crippen molar-refractivity contribution in [1.82, 2.24) is 0 Å². The number of benzene rings is 2. The zero-order chi connectivity index (χ0) is 13.4. The zero-order valence-corrected chi connectivity index (χ0v) is 10.5. The molecule has 0 unspecified atom stereocenters. The van der Waals surface area contributed by atoms with Crippen molar-refractivity contribution in [1.29, 1.82) is 0 Å². The highest BCUT2D eigenvalue weighted by Crippen LogP contribution is 2.24. The summed E-state index contributed by atoms with van der Waals surface area (Å²) in [7, 11) is 0. The third-order valence-electron chi connectivity index (χ3n) is 3.23. The maximum absolute atomic E-state index is 10.0. The number of aryl methyl sites for hydroxylation is 1. The zero-order valence-electron chi connectivity index (χ0n) is 10.5. The minimum Gasteiger partial charge on any atom is -0.508 e. The molecule has 0 amide bonds. The Morgan fingerprint density at radius 3 is 2.53 bits per heavy atom. The Morgan fingerprint density at radius 2 is 1.68 bits per heavy atom. The van der Waals surface area contributed by atoms with Crippen molar-refractivity contribution in [3.63, 3.8) is 0 Å². The van der Waals surface area contributed by atoms with Crippen LogP contribution in [0.15, 0.2) is 54.6 Å². The molecule has 0 aliphatic rings. The first-order valence-electron chi connectivity index (χ1n) is 6.09. The lowest BCUT2D eigenvalue weighted by molar-refractivity contribution is -0.575. The number of rotatable bonds is 1. The molecule has 94 valence electrons. The Morgan fingerprint density at radius 1 is 0.895 bits per heavy atom. The molecule has 2 N–H and O–H groups in total. The highest BCUT2D eigenvalue weighted by Gasteiger charge is 2.19. The molecule has 3 rings (SSSR count). The molecule has 1 heterocycles. The van der Waals surface area contributed by atoms with E-state index in [1.165, 1.54) is 12.1 Å². The van der Waals surface area contributed by atoms with Gasteiger partial charge in [-0.2, -0.15) is 4.57 Å². The maximum atomic E-state index is 10.0. The van der Waals surface area contributed by atoms with E-state index in [-0.39, 0.29) is 11.5 Å². The molecule has 0 aliphatic carbocycles. The first-order chi connectivity index (χ1) is 9.16. The van der Waals surface area contributed by atoms with Gasteiger partial charge in [0.2, 0.25) is 5.52 Å². The van der Waals surface area contributed by atoms with Crippen LogP contribution in [0.1, 0.15) is 5.69 Å². The summed E-state index contributed by atoms with van der Waals surface area (Å²) in [4.78, 5) is 0. The molecule has 0 fully saturated rings. The van der Waals surface area contributed by atoms with Gasteiger partial charge < -0.3 is 10.2 Å². The first kappa shape index (κ1) is 11.5. The highest BCUT2D eigenvalue weighted by molar-refractivity contribution is 5.76. The summed E-state index contributed by atoms with van der Waals surface area (Å²) in [5.74, 6) is 0.273. The van der Waals surface area contributed by atoms with Gasteiger partial charge in [-0.05, 0) is 24.3 Å². The van der Waals surface area contributed by atoms with Gasteiger partial charge in [0.05, 0.1) is 6.07 Å². The monoisotopic (exact) mass is 252 g/mol. The SMILES string of the molecule is Cc1ccc2ccccc2[n+]1-c1cc(O)ccc1O. The molecule has 19 heavy (non-hydrogen) atoms. The van der Waals surface area contributed by atoms with Gasteiger partial charge in [0, 0.05) is 24.4 Å². The number of nitrogens with zero attached hydrogens (tertiary/aromatic N) is 1. The van der Waals surface area contributed by atoms with E-state index in [4.69, 9.17) is 0 Å². The van der Waals surface area contributed by atoms with E-state index >= 15 is 0 Å². The quantitative estimate of drug-likeness (QED) is 0.516. The van der Waals surface area contributed by atoms with E-state index < -0.39 is 0 Å². The maximum Gasteiger partial charge on any atom is 0.257 e. The third kappa shape index (κ3) is 1.89. The molecule has 0 bridgehead atoms. The van der Waals surface area contributed by atoms with Gasteiger partial charge in [-0.3, -0.25) is 0 Å². The average Bonchev–Trinajstić information content (AvgIpc) is 2.42. The Balaban J connectivity index is 2.41. The van der Waals surface area contributed by atoms with Crippen molar-refractivity contribution in [2.45, 2.75) is 6.92 Å². The normalized spacial score (nSPS) is 10.8. The van der Waals surface area contributed by atoms with Crippen molar-refractivity contribution in [2.75, 3.05) is 0 Å². The Hall–Kier alpha value is -2.55. The Bertz CT molecular complexity index is 766. The van der Waals surface area contributed by atoms with Crippen LogP contribution in [0, 0.1) is 6.92 Å². The molecule has 0 radical (unpaired) electrons. The third-order valence-corrected chi connectivity index (χ3v) is 3.23. The second kappa shape index (κ2) is 4.28. The standard InChI is InChI=1S/C16H13NO2/c1-11-6-7-12-4-2-3-5-14(12)17(11)15-10-13(18)8-9-16(15)19/h2-10H,1H3,(H-,18,19)/p+1. The van der Waals surface area contributed by atoms with Crippen LogP contribution in [0.2, 0.25) is 0 Å². The number of aromatic hydroxyl groups is 2. The molecule has 0 saturated heterocycles. The largest absolute Gasteiger partial charge is 0.508 e. The molecule has 3 aromatic rings. The summed E-state index contributed by atoms with van der Waals surface area (Å²) in [5, 5.41) is 20.8. The van der Waals surface area contributed by atoms with Gasteiger partial charge in [-0.25, -0.2) is 0 Å². The summed E-state index contributed by atoms with van der Waals surface area (Å²) in [5.41, 5.74) is 2.55. The van der Waals surface area contributed by atoms with E-state index in [9.17, 15) is 10.2 Å². The van der Waals surface area contributed by atoms with Gasteiger partial charge in [-0.15, -0.1) is 0 Å². The van der Waals surface area contributed by atoms with Crippen LogP contribution in [0.5, 0.6) is 11.5 Å². The fraction of sp³-hybridized carbons (Fsp3) is 0.0625. The van der Waals surface area contributed by atoms with Crippen LogP contribution in [-0.4, -0.2) is 10.2 Å². The van der Waals surface area contributed by atoms with Gasteiger partial charge in [0.25, 0.3) is 5.69 Å². The van der Waals surface area contributed by atoms with Gasteiger partial charge in [-0.1, -0.05) is 12.1 Å². The summed E-state index contributed by atoms with van der Waals surface area (Å²) in [6, 6.07) is 16.5. The molecule has 1 aromatic heterocycles. The summed E-state index contributed by atoms with van der Waals surface area (Å²) in [6.45, 7) is 1.97. The van der Waals surface area contributed by atoms with Crippen molar-refractivity contribution in [3.8, 4) is 17.2 Å². The van der Waals surface area contributed by atoms with Crippen molar-refractivity contribution < 1.29 is 14.8 Å². The first-order valence-corrected chi connectivity index (χ1v) is 6.09. The fourth-order valence-electron chi connectivity index (χ4n) is 2.32.